The first-order valence-corrected chi connectivity index (χ1v) is 5.84. The fourth-order valence-electron chi connectivity index (χ4n) is 1.63. The summed E-state index contributed by atoms with van der Waals surface area (Å²) in [6, 6.07) is 6.84. The van der Waals surface area contributed by atoms with Crippen molar-refractivity contribution in [2.45, 2.75) is 25.8 Å². The molecule has 2 rings (SSSR count). The highest BCUT2D eigenvalue weighted by molar-refractivity contribution is 6.30. The van der Waals surface area contributed by atoms with Gasteiger partial charge in [0.2, 0.25) is 0 Å². The smallest absolute Gasteiger partial charge is 0.191 e. The van der Waals surface area contributed by atoms with E-state index in [9.17, 15) is 4.79 Å². The molecule has 0 spiro atoms. The van der Waals surface area contributed by atoms with Crippen molar-refractivity contribution < 1.29 is 9.53 Å². The van der Waals surface area contributed by atoms with Crippen molar-refractivity contribution in [2.75, 3.05) is 6.61 Å². The molecule has 3 nitrogen and oxygen atoms in total. The summed E-state index contributed by atoms with van der Waals surface area (Å²) in [6.07, 6.45) is 0.213. The second-order valence-electron chi connectivity index (χ2n) is 4.71. The molecular weight excluding hydrogens is 238 g/mol. The zero-order valence-electron chi connectivity index (χ0n) is 9.87. The molecule has 0 N–H and O–H groups in total. The standard InChI is InChI=1S/C13H14ClNO2/c1-13(2)8-17-12(15-13)7-11(16)9-3-5-10(14)6-4-9/h3-6H,7-8H2,1-2H3. The Balaban J connectivity index is 2.05. The predicted molar refractivity (Wildman–Crippen MR) is 67.9 cm³/mol. The van der Waals surface area contributed by atoms with Crippen molar-refractivity contribution >= 4 is 23.3 Å². The number of ether oxygens (including phenoxy) is 1. The molecule has 90 valence electrons. The van der Waals surface area contributed by atoms with Gasteiger partial charge in [-0.25, -0.2) is 4.99 Å². The van der Waals surface area contributed by atoms with E-state index >= 15 is 0 Å². The fraction of sp³-hybridized carbons (Fsp3) is 0.385. The number of carbonyl (C=O) groups is 1. The summed E-state index contributed by atoms with van der Waals surface area (Å²) in [5.41, 5.74) is 0.417. The summed E-state index contributed by atoms with van der Waals surface area (Å²) in [7, 11) is 0. The zero-order chi connectivity index (χ0) is 12.5. The van der Waals surface area contributed by atoms with Gasteiger partial charge in [-0.1, -0.05) is 11.6 Å². The van der Waals surface area contributed by atoms with Crippen LogP contribution >= 0.6 is 11.6 Å². The van der Waals surface area contributed by atoms with Crippen LogP contribution in [-0.4, -0.2) is 23.8 Å². The molecule has 17 heavy (non-hydrogen) atoms. The number of aliphatic imine (C=N–C) groups is 1. The minimum Gasteiger partial charge on any atom is -0.478 e. The Hall–Kier alpha value is -1.35. The van der Waals surface area contributed by atoms with Crippen LogP contribution in [0.15, 0.2) is 29.3 Å². The maximum Gasteiger partial charge on any atom is 0.191 e. The van der Waals surface area contributed by atoms with E-state index in [-0.39, 0.29) is 17.7 Å². The molecule has 0 aliphatic carbocycles. The second-order valence-corrected chi connectivity index (χ2v) is 5.15. The van der Waals surface area contributed by atoms with E-state index in [4.69, 9.17) is 16.3 Å². The van der Waals surface area contributed by atoms with E-state index in [0.717, 1.165) is 0 Å². The highest BCUT2D eigenvalue weighted by Crippen LogP contribution is 2.19. The van der Waals surface area contributed by atoms with Gasteiger partial charge >= 0.3 is 0 Å². The van der Waals surface area contributed by atoms with Gasteiger partial charge in [-0.15, -0.1) is 0 Å². The van der Waals surface area contributed by atoms with Crippen LogP contribution in [0.3, 0.4) is 0 Å². The predicted octanol–water partition coefficient (Wildman–Crippen LogP) is 3.12. The molecule has 0 saturated carbocycles. The summed E-state index contributed by atoms with van der Waals surface area (Å²) < 4.78 is 5.39. The number of hydrogen-bond acceptors (Lipinski definition) is 3. The van der Waals surface area contributed by atoms with E-state index in [1.54, 1.807) is 24.3 Å². The van der Waals surface area contributed by atoms with Gasteiger partial charge in [-0.05, 0) is 38.1 Å². The molecule has 0 aromatic heterocycles. The van der Waals surface area contributed by atoms with Crippen LogP contribution in [-0.2, 0) is 4.74 Å². The van der Waals surface area contributed by atoms with Gasteiger partial charge in [0.1, 0.15) is 6.61 Å². The molecule has 1 aromatic carbocycles. The number of nitrogens with zero attached hydrogens (tertiary/aromatic N) is 1. The molecule has 0 amide bonds. The Morgan fingerprint density at radius 1 is 1.41 bits per heavy atom. The summed E-state index contributed by atoms with van der Waals surface area (Å²) in [4.78, 5) is 16.3. The molecule has 1 aliphatic heterocycles. The number of rotatable bonds is 3. The Morgan fingerprint density at radius 3 is 2.59 bits per heavy atom. The topological polar surface area (TPSA) is 38.7 Å². The third kappa shape index (κ3) is 3.07. The van der Waals surface area contributed by atoms with Crippen LogP contribution in [0.1, 0.15) is 30.6 Å². The largest absolute Gasteiger partial charge is 0.478 e. The summed E-state index contributed by atoms with van der Waals surface area (Å²) >= 11 is 5.76. The molecule has 4 heteroatoms. The zero-order valence-corrected chi connectivity index (χ0v) is 10.6. The quantitative estimate of drug-likeness (QED) is 0.775. The number of Topliss-reactive ketones (excluding diaryl/α,β-unsaturated/α-hetero) is 1. The van der Waals surface area contributed by atoms with Crippen molar-refractivity contribution in [2.24, 2.45) is 4.99 Å². The van der Waals surface area contributed by atoms with Gasteiger partial charge in [-0.2, -0.15) is 0 Å². The number of carbonyl (C=O) groups excluding carboxylic acids is 1. The molecule has 0 fully saturated rings. The van der Waals surface area contributed by atoms with E-state index < -0.39 is 0 Å². The monoisotopic (exact) mass is 251 g/mol. The summed E-state index contributed by atoms with van der Waals surface area (Å²) in [5, 5.41) is 0.622. The number of halogens is 1. The van der Waals surface area contributed by atoms with Crippen LogP contribution in [0.2, 0.25) is 5.02 Å². The first-order chi connectivity index (χ1) is 7.96. The van der Waals surface area contributed by atoms with Gasteiger partial charge in [0, 0.05) is 10.6 Å². The van der Waals surface area contributed by atoms with Crippen LogP contribution in [0.5, 0.6) is 0 Å². The summed E-state index contributed by atoms with van der Waals surface area (Å²) in [6.45, 7) is 4.50. The molecule has 0 bridgehead atoms. The van der Waals surface area contributed by atoms with Crippen molar-refractivity contribution in [3.8, 4) is 0 Å². The Bertz CT molecular complexity index is 463. The molecule has 1 aliphatic rings. The average molecular weight is 252 g/mol. The van der Waals surface area contributed by atoms with E-state index in [1.165, 1.54) is 0 Å². The second kappa shape index (κ2) is 4.49. The lowest BCUT2D eigenvalue weighted by molar-refractivity contribution is 0.0994. The minimum absolute atomic E-state index is 0.00174. The van der Waals surface area contributed by atoms with Gasteiger partial charge < -0.3 is 4.74 Å². The number of hydrogen-bond donors (Lipinski definition) is 0. The first kappa shape index (κ1) is 12.1. The minimum atomic E-state index is -0.213. The van der Waals surface area contributed by atoms with Gasteiger partial charge in [0.25, 0.3) is 0 Å². The lowest BCUT2D eigenvalue weighted by atomic mass is 10.1. The van der Waals surface area contributed by atoms with Crippen molar-refractivity contribution in [1.82, 2.24) is 0 Å². The third-order valence-corrected chi connectivity index (χ3v) is 2.75. The lowest BCUT2D eigenvalue weighted by Gasteiger charge is -2.07. The van der Waals surface area contributed by atoms with Crippen LogP contribution < -0.4 is 0 Å². The molecule has 1 aromatic rings. The van der Waals surface area contributed by atoms with Crippen molar-refractivity contribution in [1.29, 1.82) is 0 Å². The maximum absolute atomic E-state index is 11.9. The maximum atomic E-state index is 11.9. The van der Waals surface area contributed by atoms with Crippen LogP contribution in [0.25, 0.3) is 0 Å². The van der Waals surface area contributed by atoms with Gasteiger partial charge in [-0.3, -0.25) is 4.79 Å². The highest BCUT2D eigenvalue weighted by atomic mass is 35.5. The number of benzene rings is 1. The number of ketones is 1. The molecule has 0 saturated heterocycles. The SMILES string of the molecule is CC1(C)COC(CC(=O)c2ccc(Cl)cc2)=N1. The van der Waals surface area contributed by atoms with Gasteiger partial charge in [0.05, 0.1) is 12.0 Å². The van der Waals surface area contributed by atoms with Crippen molar-refractivity contribution in [3.63, 3.8) is 0 Å². The van der Waals surface area contributed by atoms with Crippen molar-refractivity contribution in [3.05, 3.63) is 34.9 Å². The average Bonchev–Trinajstić information content (AvgIpc) is 2.59. The highest BCUT2D eigenvalue weighted by Gasteiger charge is 2.27. The van der Waals surface area contributed by atoms with E-state index in [0.29, 0.717) is 23.1 Å². The van der Waals surface area contributed by atoms with E-state index in [2.05, 4.69) is 4.99 Å². The Morgan fingerprint density at radius 2 is 2.06 bits per heavy atom. The van der Waals surface area contributed by atoms with Crippen LogP contribution in [0.4, 0.5) is 0 Å². The molecule has 0 radical (unpaired) electrons. The van der Waals surface area contributed by atoms with E-state index in [1.807, 2.05) is 13.8 Å². The Kier molecular flexibility index (Phi) is 3.20. The van der Waals surface area contributed by atoms with Crippen LogP contribution in [0, 0.1) is 0 Å². The lowest BCUT2D eigenvalue weighted by Crippen LogP contribution is -2.17. The fourth-order valence-corrected chi connectivity index (χ4v) is 1.75. The molecule has 0 unspecified atom stereocenters. The summed E-state index contributed by atoms with van der Waals surface area (Å²) in [5.74, 6) is 0.521. The normalized spacial score (nSPS) is 17.5. The molecule has 0 atom stereocenters. The Labute approximate surface area is 105 Å². The van der Waals surface area contributed by atoms with Gasteiger partial charge in [0.15, 0.2) is 11.7 Å². The third-order valence-electron chi connectivity index (χ3n) is 2.50. The first-order valence-electron chi connectivity index (χ1n) is 5.47. The molecule has 1 heterocycles. The molecular formula is C13H14ClNO2.